The van der Waals surface area contributed by atoms with Crippen molar-refractivity contribution in [2.75, 3.05) is 11.1 Å². The number of esters is 1. The van der Waals surface area contributed by atoms with Gasteiger partial charge in [0.15, 0.2) is 12.4 Å². The summed E-state index contributed by atoms with van der Waals surface area (Å²) in [4.78, 5) is 24.6. The summed E-state index contributed by atoms with van der Waals surface area (Å²) >= 11 is 1.75. The third-order valence-corrected chi connectivity index (χ3v) is 7.54. The summed E-state index contributed by atoms with van der Waals surface area (Å²) in [6, 6.07) is 25.3. The zero-order valence-corrected chi connectivity index (χ0v) is 22.5. The second-order valence-corrected chi connectivity index (χ2v) is 10.4. The lowest BCUT2D eigenvalue weighted by Gasteiger charge is -2.41. The van der Waals surface area contributed by atoms with Gasteiger partial charge >= 0.3 is 5.97 Å². The molecule has 1 aliphatic heterocycles. The summed E-state index contributed by atoms with van der Waals surface area (Å²) in [7, 11) is 0. The first-order valence-electron chi connectivity index (χ1n) is 12.6. The van der Waals surface area contributed by atoms with Crippen molar-refractivity contribution in [3.63, 3.8) is 0 Å². The van der Waals surface area contributed by atoms with Crippen LogP contribution in [-0.2, 0) is 30.4 Å². The van der Waals surface area contributed by atoms with E-state index >= 15 is 0 Å². The average Bonchev–Trinajstić information content (AvgIpc) is 2.93. The van der Waals surface area contributed by atoms with Gasteiger partial charge in [-0.05, 0) is 42.3 Å². The summed E-state index contributed by atoms with van der Waals surface area (Å²) < 4.78 is 17.9. The van der Waals surface area contributed by atoms with Crippen molar-refractivity contribution in [1.82, 2.24) is 0 Å². The van der Waals surface area contributed by atoms with Gasteiger partial charge in [0.05, 0.1) is 18.8 Å². The van der Waals surface area contributed by atoms with Crippen LogP contribution in [0.4, 0.5) is 5.69 Å². The van der Waals surface area contributed by atoms with Gasteiger partial charge in [0.2, 0.25) is 0 Å². The minimum Gasteiger partial charge on any atom is -0.453 e. The van der Waals surface area contributed by atoms with Crippen LogP contribution < -0.4 is 5.32 Å². The van der Waals surface area contributed by atoms with E-state index in [1.54, 1.807) is 23.9 Å². The van der Waals surface area contributed by atoms with Crippen molar-refractivity contribution in [3.05, 3.63) is 95.6 Å². The highest BCUT2D eigenvalue weighted by molar-refractivity contribution is 7.99. The molecule has 0 saturated carbocycles. The largest absolute Gasteiger partial charge is 0.453 e. The minimum absolute atomic E-state index is 0.00796. The number of amides is 1. The lowest BCUT2D eigenvalue weighted by Crippen LogP contribution is -2.38. The molecule has 1 aliphatic rings. The topological polar surface area (TPSA) is 94.1 Å². The summed E-state index contributed by atoms with van der Waals surface area (Å²) in [5.74, 6) is -0.0669. The number of hydrogen-bond donors (Lipinski definition) is 2. The number of hydrogen-bond acceptors (Lipinski definition) is 7. The molecule has 2 N–H and O–H groups in total. The number of benzene rings is 3. The molecule has 5 atom stereocenters. The number of aliphatic hydroxyl groups excluding tert-OH is 1. The number of rotatable bonds is 9. The van der Waals surface area contributed by atoms with Gasteiger partial charge in [-0.2, -0.15) is 0 Å². The summed E-state index contributed by atoms with van der Waals surface area (Å²) in [6.07, 6.45) is -1.77. The van der Waals surface area contributed by atoms with Gasteiger partial charge in [0.1, 0.15) is 0 Å². The Balaban J connectivity index is 1.51. The van der Waals surface area contributed by atoms with Gasteiger partial charge in [-0.3, -0.25) is 9.59 Å². The van der Waals surface area contributed by atoms with Crippen LogP contribution in [0.15, 0.2) is 83.8 Å². The van der Waals surface area contributed by atoms with E-state index in [1.807, 2.05) is 54.6 Å². The molecule has 1 heterocycles. The molecule has 1 fully saturated rings. The van der Waals surface area contributed by atoms with Crippen molar-refractivity contribution in [2.45, 2.75) is 56.9 Å². The Hall–Kier alpha value is -3.17. The van der Waals surface area contributed by atoms with E-state index in [4.69, 9.17) is 14.2 Å². The van der Waals surface area contributed by atoms with Crippen LogP contribution in [0.1, 0.15) is 49.9 Å². The monoisotopic (exact) mass is 535 g/mol. The Morgan fingerprint density at radius 3 is 2.26 bits per heavy atom. The first kappa shape index (κ1) is 27.9. The normalized spacial score (nSPS) is 21.9. The maximum absolute atomic E-state index is 12.3. The van der Waals surface area contributed by atoms with Gasteiger partial charge in [-0.1, -0.05) is 61.5 Å². The predicted molar refractivity (Wildman–Crippen MR) is 146 cm³/mol. The molecule has 5 unspecified atom stereocenters. The number of thioether (sulfide) groups is 1. The van der Waals surface area contributed by atoms with E-state index < -0.39 is 24.3 Å². The molecule has 3 aromatic rings. The molecule has 0 bridgehead atoms. The number of carbonyl (C=O) groups is 2. The van der Waals surface area contributed by atoms with Crippen molar-refractivity contribution in [1.29, 1.82) is 0 Å². The zero-order chi connectivity index (χ0) is 27.1. The summed E-state index contributed by atoms with van der Waals surface area (Å²) in [6.45, 7) is 4.92. The first-order valence-corrected chi connectivity index (χ1v) is 13.6. The van der Waals surface area contributed by atoms with Crippen molar-refractivity contribution < 1.29 is 28.9 Å². The number of aliphatic hydroxyl groups is 1. The van der Waals surface area contributed by atoms with E-state index in [0.717, 1.165) is 22.4 Å². The van der Waals surface area contributed by atoms with Gasteiger partial charge in [-0.25, -0.2) is 0 Å². The second kappa shape index (κ2) is 13.1. The molecule has 38 heavy (non-hydrogen) atoms. The molecule has 8 heteroatoms. The SMILES string of the molecule is CC(=O)OC(C)C(=O)Nc1ccc(C2OC(CSc3ccccc3)C(C)C(c3ccc(CO)cc3)O2)cc1. The van der Waals surface area contributed by atoms with Crippen LogP contribution in [0.3, 0.4) is 0 Å². The molecule has 7 nitrogen and oxygen atoms in total. The molecule has 200 valence electrons. The first-order chi connectivity index (χ1) is 18.3. The Kier molecular flexibility index (Phi) is 9.58. The van der Waals surface area contributed by atoms with Crippen molar-refractivity contribution in [3.8, 4) is 0 Å². The Labute approximate surface area is 227 Å². The molecule has 0 aromatic heterocycles. The highest BCUT2D eigenvalue weighted by atomic mass is 32.2. The third kappa shape index (κ3) is 7.23. The van der Waals surface area contributed by atoms with Gasteiger partial charge in [-0.15, -0.1) is 11.8 Å². The maximum Gasteiger partial charge on any atom is 0.303 e. The molecule has 4 rings (SSSR count). The second-order valence-electron chi connectivity index (χ2n) is 9.31. The lowest BCUT2D eigenvalue weighted by atomic mass is 9.91. The molecular formula is C30H33NO6S. The minimum atomic E-state index is -0.889. The Morgan fingerprint density at radius 1 is 0.974 bits per heavy atom. The highest BCUT2D eigenvalue weighted by Gasteiger charge is 2.38. The van der Waals surface area contributed by atoms with E-state index in [0.29, 0.717) is 5.69 Å². The van der Waals surface area contributed by atoms with E-state index in [-0.39, 0.29) is 24.7 Å². The molecule has 0 aliphatic carbocycles. The lowest BCUT2D eigenvalue weighted by molar-refractivity contribution is -0.268. The highest BCUT2D eigenvalue weighted by Crippen LogP contribution is 2.43. The van der Waals surface area contributed by atoms with Crippen molar-refractivity contribution >= 4 is 29.3 Å². The molecule has 1 amide bonds. The van der Waals surface area contributed by atoms with Gasteiger partial charge in [0.25, 0.3) is 5.91 Å². The van der Waals surface area contributed by atoms with Crippen LogP contribution in [0.25, 0.3) is 0 Å². The molecule has 3 aromatic carbocycles. The molecular weight excluding hydrogens is 502 g/mol. The summed E-state index contributed by atoms with van der Waals surface area (Å²) in [5, 5.41) is 12.2. The fourth-order valence-corrected chi connectivity index (χ4v) is 5.36. The fraction of sp³-hybridized carbons (Fsp3) is 0.333. The number of ether oxygens (including phenoxy) is 3. The number of nitrogens with one attached hydrogen (secondary N) is 1. The van der Waals surface area contributed by atoms with E-state index in [2.05, 4.69) is 24.4 Å². The van der Waals surface area contributed by atoms with E-state index in [9.17, 15) is 14.7 Å². The van der Waals surface area contributed by atoms with Crippen LogP contribution in [0, 0.1) is 5.92 Å². The Morgan fingerprint density at radius 2 is 1.63 bits per heavy atom. The third-order valence-electron chi connectivity index (χ3n) is 6.44. The molecule has 0 spiro atoms. The van der Waals surface area contributed by atoms with Crippen molar-refractivity contribution in [2.24, 2.45) is 5.92 Å². The van der Waals surface area contributed by atoms with Gasteiger partial charge in [0, 0.05) is 34.7 Å². The van der Waals surface area contributed by atoms with Gasteiger partial charge < -0.3 is 24.6 Å². The van der Waals surface area contributed by atoms with Crippen LogP contribution in [0.5, 0.6) is 0 Å². The predicted octanol–water partition coefficient (Wildman–Crippen LogP) is 5.65. The van der Waals surface area contributed by atoms with Crippen LogP contribution >= 0.6 is 11.8 Å². The van der Waals surface area contributed by atoms with E-state index in [1.165, 1.54) is 18.7 Å². The van der Waals surface area contributed by atoms with Crippen LogP contribution in [-0.4, -0.2) is 34.9 Å². The summed E-state index contributed by atoms with van der Waals surface area (Å²) in [5.41, 5.74) is 3.28. The number of anilines is 1. The quantitative estimate of drug-likeness (QED) is 0.270. The molecule has 1 saturated heterocycles. The maximum atomic E-state index is 12.3. The smallest absolute Gasteiger partial charge is 0.303 e. The van der Waals surface area contributed by atoms with Crippen LogP contribution in [0.2, 0.25) is 0 Å². The Bertz CT molecular complexity index is 1200. The number of carbonyl (C=O) groups excluding carboxylic acids is 2. The molecule has 0 radical (unpaired) electrons. The average molecular weight is 536 g/mol. The zero-order valence-electron chi connectivity index (χ0n) is 21.7. The fourth-order valence-electron chi connectivity index (χ4n) is 4.27. The standard InChI is InChI=1S/C30H33NO6S/c1-19-27(18-38-26-7-5-4-6-8-26)36-30(37-28(19)23-11-9-22(17-32)10-12-23)24-13-15-25(16-14-24)31-29(34)20(2)35-21(3)33/h4-16,19-20,27-28,30,32H,17-18H2,1-3H3,(H,31,34).